The van der Waals surface area contributed by atoms with Crippen molar-refractivity contribution < 1.29 is 8.78 Å². The summed E-state index contributed by atoms with van der Waals surface area (Å²) in [6, 6.07) is 8.96. The van der Waals surface area contributed by atoms with Crippen LogP contribution in [0.25, 0.3) is 11.3 Å². The summed E-state index contributed by atoms with van der Waals surface area (Å²) in [6.07, 6.45) is 1.58. The Balaban J connectivity index is 1.60. The first-order chi connectivity index (χ1) is 13.9. The normalized spacial score (nSPS) is 16.9. The van der Waals surface area contributed by atoms with Gasteiger partial charge in [-0.3, -0.25) is 0 Å². The molecule has 4 rings (SSSR count). The summed E-state index contributed by atoms with van der Waals surface area (Å²) in [7, 11) is 0. The van der Waals surface area contributed by atoms with Crippen molar-refractivity contribution in [2.75, 3.05) is 29.4 Å². The van der Waals surface area contributed by atoms with Crippen molar-refractivity contribution >= 4 is 35.0 Å². The zero-order valence-corrected chi connectivity index (χ0v) is 17.0. The van der Waals surface area contributed by atoms with Gasteiger partial charge < -0.3 is 9.80 Å². The molecule has 5 nitrogen and oxygen atoms in total. The number of hydrogen-bond donors (Lipinski definition) is 0. The smallest absolute Gasteiger partial charge is 0.227 e. The molecule has 1 unspecified atom stereocenters. The number of pyridine rings is 1. The van der Waals surface area contributed by atoms with Gasteiger partial charge in [-0.15, -0.1) is 0 Å². The topological polar surface area (TPSA) is 45.2 Å². The fourth-order valence-electron chi connectivity index (χ4n) is 3.39. The Bertz CT molecular complexity index is 1050. The lowest BCUT2D eigenvalue weighted by atomic mass is 10.1. The molecule has 0 amide bonds. The summed E-state index contributed by atoms with van der Waals surface area (Å²) in [5, 5.41) is 0.286. The van der Waals surface area contributed by atoms with Gasteiger partial charge in [0, 0.05) is 43.5 Å². The van der Waals surface area contributed by atoms with E-state index in [1.165, 1.54) is 18.2 Å². The second-order valence-electron chi connectivity index (χ2n) is 6.80. The zero-order chi connectivity index (χ0) is 20.5. The second kappa shape index (κ2) is 8.08. The van der Waals surface area contributed by atoms with Crippen molar-refractivity contribution in [2.24, 2.45) is 0 Å². The molecule has 29 heavy (non-hydrogen) atoms. The van der Waals surface area contributed by atoms with Gasteiger partial charge in [-0.05, 0) is 37.3 Å². The summed E-state index contributed by atoms with van der Waals surface area (Å²) in [6.45, 7) is 3.69. The van der Waals surface area contributed by atoms with Crippen LogP contribution in [0.5, 0.6) is 0 Å². The molecule has 2 aromatic heterocycles. The molecule has 1 aliphatic rings. The Morgan fingerprint density at radius 1 is 1.03 bits per heavy atom. The molecule has 3 aromatic rings. The predicted octanol–water partition coefficient (Wildman–Crippen LogP) is 4.84. The molecule has 1 aromatic carbocycles. The molecule has 0 bridgehead atoms. The number of piperazine rings is 1. The van der Waals surface area contributed by atoms with Crippen molar-refractivity contribution in [3.8, 4) is 11.3 Å². The van der Waals surface area contributed by atoms with E-state index in [4.69, 9.17) is 23.2 Å². The number of halogens is 4. The van der Waals surface area contributed by atoms with Crippen LogP contribution in [0.3, 0.4) is 0 Å². The predicted molar refractivity (Wildman–Crippen MR) is 111 cm³/mol. The van der Waals surface area contributed by atoms with Gasteiger partial charge in [0.1, 0.15) is 11.0 Å². The first-order valence-corrected chi connectivity index (χ1v) is 9.80. The molecule has 0 aliphatic carbocycles. The third-order valence-electron chi connectivity index (χ3n) is 4.82. The van der Waals surface area contributed by atoms with Crippen molar-refractivity contribution in [1.82, 2.24) is 15.0 Å². The van der Waals surface area contributed by atoms with Crippen LogP contribution in [-0.2, 0) is 0 Å². The maximum absolute atomic E-state index is 14.1. The number of anilines is 2. The lowest BCUT2D eigenvalue weighted by molar-refractivity contribution is 0.524. The maximum atomic E-state index is 14.1. The van der Waals surface area contributed by atoms with E-state index in [1.807, 2.05) is 16.7 Å². The number of hydrogen-bond acceptors (Lipinski definition) is 5. The van der Waals surface area contributed by atoms with Crippen molar-refractivity contribution in [1.29, 1.82) is 0 Å². The highest BCUT2D eigenvalue weighted by Crippen LogP contribution is 2.28. The minimum atomic E-state index is -0.498. The van der Waals surface area contributed by atoms with Gasteiger partial charge in [-0.25, -0.2) is 23.7 Å². The number of nitrogens with zero attached hydrogens (tertiary/aromatic N) is 5. The highest BCUT2D eigenvalue weighted by molar-refractivity contribution is 6.31. The van der Waals surface area contributed by atoms with Gasteiger partial charge in [0.05, 0.1) is 10.7 Å². The standard InChI is InChI=1S/C20H17Cl2F2N5/c1-12-11-28(19-16(24)3-2-6-25-19)7-8-29(12)20-26-17(10-18(22)27-20)13-4-5-15(23)14(21)9-13/h2-6,9-10,12H,7-8,11H2,1H3. The van der Waals surface area contributed by atoms with Gasteiger partial charge in [0.2, 0.25) is 5.95 Å². The highest BCUT2D eigenvalue weighted by Gasteiger charge is 2.28. The fourth-order valence-corrected chi connectivity index (χ4v) is 3.75. The fraction of sp³-hybridized carbons (Fsp3) is 0.250. The SMILES string of the molecule is CC1CN(c2ncccc2F)CCN1c1nc(Cl)cc(-c2ccc(F)c(Cl)c2)n1. The van der Waals surface area contributed by atoms with Crippen molar-refractivity contribution in [3.05, 3.63) is 64.4 Å². The summed E-state index contributed by atoms with van der Waals surface area (Å²) in [5.41, 5.74) is 1.19. The van der Waals surface area contributed by atoms with Crippen LogP contribution < -0.4 is 9.80 Å². The van der Waals surface area contributed by atoms with Gasteiger partial charge >= 0.3 is 0 Å². The average molecular weight is 436 g/mol. The Labute approximate surface area is 176 Å². The molecule has 1 saturated heterocycles. The third-order valence-corrected chi connectivity index (χ3v) is 5.30. The van der Waals surface area contributed by atoms with E-state index in [-0.39, 0.29) is 22.0 Å². The van der Waals surface area contributed by atoms with E-state index >= 15 is 0 Å². The Kier molecular flexibility index (Phi) is 5.52. The number of benzene rings is 1. The number of aromatic nitrogens is 3. The highest BCUT2D eigenvalue weighted by atomic mass is 35.5. The third kappa shape index (κ3) is 4.11. The van der Waals surface area contributed by atoms with E-state index in [0.717, 1.165) is 0 Å². The quantitative estimate of drug-likeness (QED) is 0.550. The molecule has 1 fully saturated rings. The molecular weight excluding hydrogens is 419 g/mol. The molecule has 9 heteroatoms. The minimum Gasteiger partial charge on any atom is -0.350 e. The number of rotatable bonds is 3. The minimum absolute atomic E-state index is 0.00622. The van der Waals surface area contributed by atoms with Crippen LogP contribution in [0.15, 0.2) is 42.6 Å². The van der Waals surface area contributed by atoms with E-state index in [2.05, 4.69) is 15.0 Å². The first-order valence-electron chi connectivity index (χ1n) is 9.04. The molecule has 1 atom stereocenters. The maximum Gasteiger partial charge on any atom is 0.227 e. The van der Waals surface area contributed by atoms with Crippen LogP contribution in [0, 0.1) is 11.6 Å². The van der Waals surface area contributed by atoms with Gasteiger partial charge in [-0.1, -0.05) is 23.2 Å². The van der Waals surface area contributed by atoms with Crippen LogP contribution in [0.4, 0.5) is 20.5 Å². The largest absolute Gasteiger partial charge is 0.350 e. The molecule has 1 aliphatic heterocycles. The molecule has 150 valence electrons. The van der Waals surface area contributed by atoms with E-state index < -0.39 is 5.82 Å². The summed E-state index contributed by atoms with van der Waals surface area (Å²) in [5.74, 6) is -0.0424. The van der Waals surface area contributed by atoms with E-state index in [9.17, 15) is 8.78 Å². The van der Waals surface area contributed by atoms with Crippen LogP contribution in [0.2, 0.25) is 10.2 Å². The Morgan fingerprint density at radius 3 is 2.59 bits per heavy atom. The van der Waals surface area contributed by atoms with E-state index in [1.54, 1.807) is 24.4 Å². The summed E-state index contributed by atoms with van der Waals surface area (Å²) >= 11 is 12.1. The Morgan fingerprint density at radius 2 is 1.86 bits per heavy atom. The van der Waals surface area contributed by atoms with Crippen LogP contribution in [0.1, 0.15) is 6.92 Å². The molecule has 0 radical (unpaired) electrons. The molecule has 3 heterocycles. The monoisotopic (exact) mass is 435 g/mol. The molecule has 0 spiro atoms. The lowest BCUT2D eigenvalue weighted by Gasteiger charge is -2.40. The average Bonchev–Trinajstić information content (AvgIpc) is 2.70. The Hall–Kier alpha value is -2.51. The first kappa shape index (κ1) is 19.8. The summed E-state index contributed by atoms with van der Waals surface area (Å²) < 4.78 is 27.6. The molecule has 0 saturated carbocycles. The van der Waals surface area contributed by atoms with Gasteiger partial charge in [0.25, 0.3) is 0 Å². The van der Waals surface area contributed by atoms with Crippen molar-refractivity contribution in [2.45, 2.75) is 13.0 Å². The molecular formula is C20H17Cl2F2N5. The van der Waals surface area contributed by atoms with Gasteiger partial charge in [-0.2, -0.15) is 0 Å². The van der Waals surface area contributed by atoms with Crippen LogP contribution in [-0.4, -0.2) is 40.6 Å². The zero-order valence-electron chi connectivity index (χ0n) is 15.5. The second-order valence-corrected chi connectivity index (χ2v) is 7.60. The van der Waals surface area contributed by atoms with Crippen LogP contribution >= 0.6 is 23.2 Å². The molecule has 0 N–H and O–H groups in total. The lowest BCUT2D eigenvalue weighted by Crippen LogP contribution is -2.53. The summed E-state index contributed by atoms with van der Waals surface area (Å²) in [4.78, 5) is 17.0. The van der Waals surface area contributed by atoms with Gasteiger partial charge in [0.15, 0.2) is 11.6 Å². The van der Waals surface area contributed by atoms with Crippen molar-refractivity contribution in [3.63, 3.8) is 0 Å². The van der Waals surface area contributed by atoms with E-state index in [0.29, 0.717) is 42.7 Å².